The second kappa shape index (κ2) is 5.08. The first kappa shape index (κ1) is 13.7. The highest BCUT2D eigenvalue weighted by Crippen LogP contribution is 2.44. The van der Waals surface area contributed by atoms with E-state index in [1.165, 1.54) is 12.8 Å². The van der Waals surface area contributed by atoms with E-state index < -0.39 is 5.60 Å². The molecule has 2 rings (SSSR count). The predicted octanol–water partition coefficient (Wildman–Crippen LogP) is 2.23. The Morgan fingerprint density at radius 3 is 2.39 bits per heavy atom. The molecule has 104 valence electrons. The highest BCUT2D eigenvalue weighted by molar-refractivity contribution is 5.69. The van der Waals surface area contributed by atoms with Gasteiger partial charge in [0, 0.05) is 13.1 Å². The average Bonchev–Trinajstić information content (AvgIpc) is 2.93. The molecule has 4 nitrogen and oxygen atoms in total. The monoisotopic (exact) mass is 254 g/mol. The van der Waals surface area contributed by atoms with Crippen LogP contribution in [-0.2, 0) is 4.74 Å². The zero-order chi connectivity index (χ0) is 13.3. The van der Waals surface area contributed by atoms with E-state index in [1.54, 1.807) is 0 Å². The Morgan fingerprint density at radius 2 is 1.94 bits per heavy atom. The number of rotatable bonds is 4. The van der Waals surface area contributed by atoms with Gasteiger partial charge in [-0.25, -0.2) is 4.79 Å². The summed E-state index contributed by atoms with van der Waals surface area (Å²) in [4.78, 5) is 13.7. The summed E-state index contributed by atoms with van der Waals surface area (Å²) in [5.41, 5.74) is 5.29. The number of hydrogen-bond donors (Lipinski definition) is 1. The summed E-state index contributed by atoms with van der Waals surface area (Å²) >= 11 is 0. The number of amides is 1. The molecule has 2 aliphatic rings. The van der Waals surface area contributed by atoms with Crippen molar-refractivity contribution in [3.8, 4) is 0 Å². The molecule has 1 unspecified atom stereocenters. The maximum absolute atomic E-state index is 11.8. The number of carbonyl (C=O) groups is 1. The first-order valence-corrected chi connectivity index (χ1v) is 7.08. The van der Waals surface area contributed by atoms with Crippen molar-refractivity contribution in [1.82, 2.24) is 4.90 Å². The molecule has 18 heavy (non-hydrogen) atoms. The number of nitrogens with zero attached hydrogens (tertiary/aromatic N) is 1. The molecular formula is C14H26N2O2. The van der Waals surface area contributed by atoms with Crippen molar-refractivity contribution in [3.63, 3.8) is 0 Å². The average molecular weight is 254 g/mol. The van der Waals surface area contributed by atoms with Crippen molar-refractivity contribution in [1.29, 1.82) is 0 Å². The molecule has 1 aliphatic carbocycles. The molecule has 4 heteroatoms. The fourth-order valence-electron chi connectivity index (χ4n) is 2.83. The number of nitrogens with two attached hydrogens (primary N) is 1. The third kappa shape index (κ3) is 3.37. The summed E-state index contributed by atoms with van der Waals surface area (Å²) in [5, 5.41) is 0. The third-order valence-electron chi connectivity index (χ3n) is 3.89. The molecule has 0 radical (unpaired) electrons. The van der Waals surface area contributed by atoms with E-state index in [1.807, 2.05) is 25.7 Å². The van der Waals surface area contributed by atoms with Gasteiger partial charge in [-0.05, 0) is 64.3 Å². The van der Waals surface area contributed by atoms with Crippen molar-refractivity contribution in [3.05, 3.63) is 0 Å². The van der Waals surface area contributed by atoms with Crippen molar-refractivity contribution in [2.24, 2.45) is 23.5 Å². The Labute approximate surface area is 110 Å². The summed E-state index contributed by atoms with van der Waals surface area (Å²) < 4.78 is 5.37. The minimum absolute atomic E-state index is 0.166. The van der Waals surface area contributed by atoms with Crippen molar-refractivity contribution in [2.45, 2.75) is 45.6 Å². The van der Waals surface area contributed by atoms with Gasteiger partial charge < -0.3 is 15.4 Å². The van der Waals surface area contributed by atoms with Crippen LogP contribution in [0.1, 0.15) is 40.0 Å². The van der Waals surface area contributed by atoms with Gasteiger partial charge in [0.05, 0.1) is 0 Å². The highest BCUT2D eigenvalue weighted by atomic mass is 16.6. The van der Waals surface area contributed by atoms with Gasteiger partial charge in [-0.15, -0.1) is 0 Å². The van der Waals surface area contributed by atoms with Crippen LogP contribution in [0, 0.1) is 17.8 Å². The summed E-state index contributed by atoms with van der Waals surface area (Å²) in [5.74, 6) is 2.25. The van der Waals surface area contributed by atoms with E-state index in [-0.39, 0.29) is 6.09 Å². The highest BCUT2D eigenvalue weighted by Gasteiger charge is 2.43. The van der Waals surface area contributed by atoms with Crippen LogP contribution in [0.2, 0.25) is 0 Å². The molecule has 2 fully saturated rings. The van der Waals surface area contributed by atoms with Gasteiger partial charge in [-0.1, -0.05) is 0 Å². The molecule has 1 saturated carbocycles. The molecule has 0 aromatic carbocycles. The number of likely N-dealkylation sites (tertiary alicyclic amines) is 1. The summed E-state index contributed by atoms with van der Waals surface area (Å²) in [7, 11) is 0. The Morgan fingerprint density at radius 1 is 1.33 bits per heavy atom. The molecule has 0 bridgehead atoms. The van der Waals surface area contributed by atoms with Crippen molar-refractivity contribution >= 4 is 6.09 Å². The van der Waals surface area contributed by atoms with Gasteiger partial charge in [0.15, 0.2) is 0 Å². The van der Waals surface area contributed by atoms with E-state index in [4.69, 9.17) is 10.5 Å². The Hall–Kier alpha value is -0.770. The Kier molecular flexibility index (Phi) is 3.85. The van der Waals surface area contributed by atoms with Crippen LogP contribution >= 0.6 is 0 Å². The molecule has 0 aromatic heterocycles. The van der Waals surface area contributed by atoms with Gasteiger partial charge in [0.1, 0.15) is 5.60 Å². The maximum atomic E-state index is 11.8. The van der Waals surface area contributed by atoms with Gasteiger partial charge in [0.2, 0.25) is 0 Å². The molecule has 1 aliphatic heterocycles. The first-order valence-electron chi connectivity index (χ1n) is 7.08. The van der Waals surface area contributed by atoms with Crippen LogP contribution in [0.5, 0.6) is 0 Å². The topological polar surface area (TPSA) is 55.6 Å². The molecular weight excluding hydrogens is 228 g/mol. The predicted molar refractivity (Wildman–Crippen MR) is 71.2 cm³/mol. The van der Waals surface area contributed by atoms with Crippen molar-refractivity contribution < 1.29 is 9.53 Å². The van der Waals surface area contributed by atoms with Gasteiger partial charge in [-0.2, -0.15) is 0 Å². The lowest BCUT2D eigenvalue weighted by atomic mass is 9.80. The summed E-state index contributed by atoms with van der Waals surface area (Å²) in [6.07, 6.45) is 3.65. The van der Waals surface area contributed by atoms with E-state index >= 15 is 0 Å². The Bertz CT molecular complexity index is 301. The van der Waals surface area contributed by atoms with Crippen LogP contribution < -0.4 is 5.73 Å². The van der Waals surface area contributed by atoms with E-state index in [9.17, 15) is 4.79 Å². The first-order chi connectivity index (χ1) is 8.40. The zero-order valence-corrected chi connectivity index (χ0v) is 11.8. The third-order valence-corrected chi connectivity index (χ3v) is 3.89. The zero-order valence-electron chi connectivity index (χ0n) is 11.8. The SMILES string of the molecule is CC(C)(C)OC(=O)N1CC(C(CCN)C2CC2)C1. The van der Waals surface area contributed by atoms with Crippen LogP contribution in [0.25, 0.3) is 0 Å². The molecule has 1 saturated heterocycles. The largest absolute Gasteiger partial charge is 0.444 e. The number of carbonyl (C=O) groups excluding carboxylic acids is 1. The summed E-state index contributed by atoms with van der Waals surface area (Å²) in [6.45, 7) is 8.20. The minimum Gasteiger partial charge on any atom is -0.444 e. The number of hydrogen-bond acceptors (Lipinski definition) is 3. The fraction of sp³-hybridized carbons (Fsp3) is 0.929. The lowest BCUT2D eigenvalue weighted by molar-refractivity contribution is -0.0137. The maximum Gasteiger partial charge on any atom is 0.410 e. The van der Waals surface area contributed by atoms with Crippen LogP contribution in [0.15, 0.2) is 0 Å². The van der Waals surface area contributed by atoms with E-state index in [0.29, 0.717) is 5.92 Å². The van der Waals surface area contributed by atoms with Crippen molar-refractivity contribution in [2.75, 3.05) is 19.6 Å². The molecule has 1 atom stereocenters. The van der Waals surface area contributed by atoms with Crippen LogP contribution in [0.4, 0.5) is 4.79 Å². The molecule has 1 amide bonds. The quantitative estimate of drug-likeness (QED) is 0.837. The van der Waals surface area contributed by atoms with Gasteiger partial charge in [-0.3, -0.25) is 0 Å². The normalized spacial score (nSPS) is 22.6. The smallest absolute Gasteiger partial charge is 0.410 e. The summed E-state index contributed by atoms with van der Waals surface area (Å²) in [6, 6.07) is 0. The Balaban J connectivity index is 1.76. The molecule has 0 aromatic rings. The van der Waals surface area contributed by atoms with Crippen LogP contribution in [0.3, 0.4) is 0 Å². The molecule has 2 N–H and O–H groups in total. The van der Waals surface area contributed by atoms with E-state index in [2.05, 4.69) is 0 Å². The second-order valence-electron chi connectivity index (χ2n) is 6.72. The lowest BCUT2D eigenvalue weighted by Crippen LogP contribution is -2.54. The van der Waals surface area contributed by atoms with E-state index in [0.717, 1.165) is 37.9 Å². The molecule has 1 heterocycles. The van der Waals surface area contributed by atoms with Crippen LogP contribution in [-0.4, -0.2) is 36.2 Å². The standard InChI is InChI=1S/C14H26N2O2/c1-14(2,3)18-13(17)16-8-11(9-16)12(6-7-15)10-4-5-10/h10-12H,4-9,15H2,1-3H3. The van der Waals surface area contributed by atoms with Gasteiger partial charge in [0.25, 0.3) is 0 Å². The lowest BCUT2D eigenvalue weighted by Gasteiger charge is -2.43. The number of ether oxygens (including phenoxy) is 1. The minimum atomic E-state index is -0.394. The second-order valence-corrected chi connectivity index (χ2v) is 6.72. The molecule has 0 spiro atoms. The fourth-order valence-corrected chi connectivity index (χ4v) is 2.83. The van der Waals surface area contributed by atoms with Gasteiger partial charge >= 0.3 is 6.09 Å².